The van der Waals surface area contributed by atoms with Crippen molar-refractivity contribution < 1.29 is 9.53 Å². The number of carbonyl (C=O) groups excluding carboxylic acids is 1. The summed E-state index contributed by atoms with van der Waals surface area (Å²) in [5.74, 6) is 0.214. The maximum absolute atomic E-state index is 10.5. The maximum atomic E-state index is 10.5. The summed E-state index contributed by atoms with van der Waals surface area (Å²) in [6, 6.07) is 7.91. The van der Waals surface area contributed by atoms with Gasteiger partial charge in [0.25, 0.3) is 0 Å². The molecule has 0 aliphatic carbocycles. The molecule has 0 amide bonds. The summed E-state index contributed by atoms with van der Waals surface area (Å²) in [7, 11) is 0. The minimum absolute atomic E-state index is 0.317. The zero-order valence-corrected chi connectivity index (χ0v) is 7.51. The lowest BCUT2D eigenvalue weighted by Crippen LogP contribution is -2.00. The van der Waals surface area contributed by atoms with Crippen LogP contribution in [0.15, 0.2) is 22.7 Å². The molecule has 57 valence electrons. The van der Waals surface area contributed by atoms with Crippen molar-refractivity contribution in [1.82, 2.24) is 0 Å². The van der Waals surface area contributed by atoms with Crippen LogP contribution in [0.3, 0.4) is 0 Å². The molecule has 1 radical (unpaired) electrons. The average molecular weight is 214 g/mol. The Kier molecular flexibility index (Phi) is 2.65. The van der Waals surface area contributed by atoms with Crippen LogP contribution in [-0.2, 0) is 4.79 Å². The Morgan fingerprint density at radius 1 is 1.73 bits per heavy atom. The van der Waals surface area contributed by atoms with E-state index in [2.05, 4.69) is 22.0 Å². The van der Waals surface area contributed by atoms with E-state index in [1.165, 1.54) is 6.92 Å². The number of hydrogen-bond acceptors (Lipinski definition) is 2. The first-order chi connectivity index (χ1) is 5.18. The average Bonchev–Trinajstić information content (AvgIpc) is 1.85. The van der Waals surface area contributed by atoms with Crippen molar-refractivity contribution in [3.8, 4) is 5.75 Å². The zero-order chi connectivity index (χ0) is 8.27. The van der Waals surface area contributed by atoms with Gasteiger partial charge in [0, 0.05) is 11.4 Å². The van der Waals surface area contributed by atoms with Gasteiger partial charge in [0.15, 0.2) is 0 Å². The second kappa shape index (κ2) is 3.53. The first-order valence-corrected chi connectivity index (χ1v) is 3.83. The van der Waals surface area contributed by atoms with Gasteiger partial charge in [-0.2, -0.15) is 0 Å². The Morgan fingerprint density at radius 3 is 3.00 bits per heavy atom. The van der Waals surface area contributed by atoms with Crippen LogP contribution in [0.5, 0.6) is 5.75 Å². The van der Waals surface area contributed by atoms with Crippen molar-refractivity contribution >= 4 is 21.9 Å². The summed E-state index contributed by atoms with van der Waals surface area (Å²) >= 11 is 3.21. The number of carbonyl (C=O) groups is 1. The molecule has 0 saturated heterocycles. The van der Waals surface area contributed by atoms with Crippen molar-refractivity contribution in [3.63, 3.8) is 0 Å². The lowest BCUT2D eigenvalue weighted by Gasteiger charge is -1.99. The molecule has 0 saturated carbocycles. The van der Waals surface area contributed by atoms with Crippen LogP contribution in [-0.4, -0.2) is 5.97 Å². The van der Waals surface area contributed by atoms with Crippen molar-refractivity contribution in [2.75, 3.05) is 0 Å². The number of benzene rings is 1. The third-order valence-electron chi connectivity index (χ3n) is 0.999. The molecule has 0 heterocycles. The number of halogens is 1. The molecule has 1 aromatic carbocycles. The second-order valence-corrected chi connectivity index (χ2v) is 2.82. The van der Waals surface area contributed by atoms with Crippen molar-refractivity contribution in [2.45, 2.75) is 6.92 Å². The van der Waals surface area contributed by atoms with Crippen LogP contribution in [0.2, 0.25) is 0 Å². The van der Waals surface area contributed by atoms with E-state index < -0.39 is 0 Å². The minimum Gasteiger partial charge on any atom is -0.427 e. The Bertz CT molecular complexity index is 271. The Hall–Kier alpha value is -0.830. The normalized spacial score (nSPS) is 9.27. The van der Waals surface area contributed by atoms with Gasteiger partial charge in [-0.05, 0) is 24.3 Å². The molecular weight excluding hydrogens is 208 g/mol. The van der Waals surface area contributed by atoms with Crippen molar-refractivity contribution in [3.05, 3.63) is 28.7 Å². The monoisotopic (exact) mass is 213 g/mol. The van der Waals surface area contributed by atoms with Crippen molar-refractivity contribution in [2.24, 2.45) is 0 Å². The first-order valence-electron chi connectivity index (χ1n) is 3.04. The fraction of sp³-hybridized carbons (Fsp3) is 0.125. The molecule has 0 aliphatic heterocycles. The van der Waals surface area contributed by atoms with E-state index in [1.54, 1.807) is 18.2 Å². The van der Waals surface area contributed by atoms with E-state index in [1.807, 2.05) is 0 Å². The van der Waals surface area contributed by atoms with E-state index >= 15 is 0 Å². The Balaban J connectivity index is 2.79. The summed E-state index contributed by atoms with van der Waals surface area (Å²) in [4.78, 5) is 10.5. The number of rotatable bonds is 1. The lowest BCUT2D eigenvalue weighted by molar-refractivity contribution is -0.131. The highest BCUT2D eigenvalue weighted by molar-refractivity contribution is 9.10. The van der Waals surface area contributed by atoms with Crippen LogP contribution < -0.4 is 4.74 Å². The molecule has 0 aliphatic rings. The van der Waals surface area contributed by atoms with Crippen LogP contribution >= 0.6 is 15.9 Å². The summed E-state index contributed by atoms with van der Waals surface area (Å²) in [5, 5.41) is 0. The SMILES string of the molecule is CC(=O)Oc1cc[c]c(Br)c1. The van der Waals surface area contributed by atoms with E-state index in [0.29, 0.717) is 5.75 Å². The van der Waals surface area contributed by atoms with Crippen molar-refractivity contribution in [1.29, 1.82) is 0 Å². The largest absolute Gasteiger partial charge is 0.427 e. The molecule has 0 aromatic heterocycles. The van der Waals surface area contributed by atoms with Gasteiger partial charge < -0.3 is 4.74 Å². The first kappa shape index (κ1) is 8.27. The van der Waals surface area contributed by atoms with Gasteiger partial charge in [-0.1, -0.05) is 15.9 Å². The topological polar surface area (TPSA) is 26.3 Å². The second-order valence-electron chi connectivity index (χ2n) is 1.97. The standard InChI is InChI=1S/C8H6BrO2/c1-6(10)11-8-4-2-3-7(9)5-8/h2,4-5H,1H3. The Morgan fingerprint density at radius 2 is 2.45 bits per heavy atom. The summed E-state index contributed by atoms with van der Waals surface area (Å²) in [5.41, 5.74) is 0. The molecule has 3 heteroatoms. The van der Waals surface area contributed by atoms with Gasteiger partial charge in [0.1, 0.15) is 5.75 Å². The number of esters is 1. The molecule has 11 heavy (non-hydrogen) atoms. The van der Waals surface area contributed by atoms with E-state index in [0.717, 1.165) is 4.47 Å². The fourth-order valence-electron chi connectivity index (χ4n) is 0.648. The number of ether oxygens (including phenoxy) is 1. The third kappa shape index (κ3) is 2.72. The summed E-state index contributed by atoms with van der Waals surface area (Å²) in [6.45, 7) is 1.37. The van der Waals surface area contributed by atoms with Crippen LogP contribution in [0.4, 0.5) is 0 Å². The van der Waals surface area contributed by atoms with Gasteiger partial charge >= 0.3 is 5.97 Å². The molecule has 0 spiro atoms. The summed E-state index contributed by atoms with van der Waals surface area (Å²) in [6.07, 6.45) is 0. The molecule has 1 aromatic rings. The predicted octanol–water partition coefficient (Wildman–Crippen LogP) is 2.17. The highest BCUT2D eigenvalue weighted by atomic mass is 79.9. The molecule has 0 bridgehead atoms. The summed E-state index contributed by atoms with van der Waals surface area (Å²) < 4.78 is 5.58. The van der Waals surface area contributed by atoms with Gasteiger partial charge in [0.2, 0.25) is 0 Å². The van der Waals surface area contributed by atoms with Crippen LogP contribution in [0, 0.1) is 6.07 Å². The van der Waals surface area contributed by atoms with Gasteiger partial charge in [-0.3, -0.25) is 4.79 Å². The fourth-order valence-corrected chi connectivity index (χ4v) is 1.01. The smallest absolute Gasteiger partial charge is 0.308 e. The highest BCUT2D eigenvalue weighted by Gasteiger charge is 1.96. The van der Waals surface area contributed by atoms with Crippen LogP contribution in [0.25, 0.3) is 0 Å². The quantitative estimate of drug-likeness (QED) is 0.529. The highest BCUT2D eigenvalue weighted by Crippen LogP contribution is 2.16. The van der Waals surface area contributed by atoms with Gasteiger partial charge in [0.05, 0.1) is 0 Å². The molecule has 2 nitrogen and oxygen atoms in total. The van der Waals surface area contributed by atoms with E-state index in [9.17, 15) is 4.79 Å². The van der Waals surface area contributed by atoms with E-state index in [-0.39, 0.29) is 5.97 Å². The molecule has 1 rings (SSSR count). The Labute approximate surface area is 73.3 Å². The molecular formula is C8H6BrO2. The van der Waals surface area contributed by atoms with Crippen LogP contribution in [0.1, 0.15) is 6.92 Å². The molecule has 0 atom stereocenters. The molecule has 0 unspecified atom stereocenters. The van der Waals surface area contributed by atoms with E-state index in [4.69, 9.17) is 4.74 Å². The molecule has 0 N–H and O–H groups in total. The predicted molar refractivity (Wildman–Crippen MR) is 44.3 cm³/mol. The third-order valence-corrected chi connectivity index (χ3v) is 1.46. The number of hydrogen-bond donors (Lipinski definition) is 0. The van der Waals surface area contributed by atoms with Gasteiger partial charge in [-0.15, -0.1) is 0 Å². The zero-order valence-electron chi connectivity index (χ0n) is 5.93. The minimum atomic E-state index is -0.317. The van der Waals surface area contributed by atoms with Gasteiger partial charge in [-0.25, -0.2) is 0 Å². The lowest BCUT2D eigenvalue weighted by atomic mass is 10.3. The molecule has 0 fully saturated rings. The maximum Gasteiger partial charge on any atom is 0.308 e.